The molecule has 0 N–H and O–H groups in total. The van der Waals surface area contributed by atoms with Crippen molar-refractivity contribution < 1.29 is 14.3 Å². The first kappa shape index (κ1) is 14.7. The van der Waals surface area contributed by atoms with Gasteiger partial charge < -0.3 is 14.4 Å². The molecule has 1 spiro atoms. The molecule has 2 aromatic rings. The first-order chi connectivity index (χ1) is 12.3. The van der Waals surface area contributed by atoms with Gasteiger partial charge in [-0.3, -0.25) is 0 Å². The van der Waals surface area contributed by atoms with Gasteiger partial charge in [0.05, 0.1) is 19.3 Å². The lowest BCUT2D eigenvalue weighted by atomic mass is 9.79. The van der Waals surface area contributed by atoms with Gasteiger partial charge in [0, 0.05) is 24.2 Å². The van der Waals surface area contributed by atoms with Crippen molar-refractivity contribution in [2.24, 2.45) is 4.99 Å². The number of nitrogens with zero attached hydrogens (tertiary/aromatic N) is 2. The van der Waals surface area contributed by atoms with Crippen molar-refractivity contribution >= 4 is 17.6 Å². The van der Waals surface area contributed by atoms with Gasteiger partial charge in [-0.1, -0.05) is 36.4 Å². The fraction of sp³-hybridized carbons (Fsp3) is 0.300. The van der Waals surface area contributed by atoms with Crippen molar-refractivity contribution in [3.05, 3.63) is 65.7 Å². The molecule has 0 amide bonds. The molecule has 0 unspecified atom stereocenters. The van der Waals surface area contributed by atoms with E-state index in [-0.39, 0.29) is 12.0 Å². The summed E-state index contributed by atoms with van der Waals surface area (Å²) in [6, 6.07) is 17.7. The summed E-state index contributed by atoms with van der Waals surface area (Å²) in [5.41, 5.74) is 2.21. The molecular formula is C20H18N2O3. The summed E-state index contributed by atoms with van der Waals surface area (Å²) in [5, 5.41) is 0. The molecule has 126 valence electrons. The number of esters is 1. The lowest BCUT2D eigenvalue weighted by Gasteiger charge is -2.48. The molecule has 1 saturated heterocycles. The zero-order valence-corrected chi connectivity index (χ0v) is 13.7. The van der Waals surface area contributed by atoms with Crippen LogP contribution < -0.4 is 4.90 Å². The summed E-state index contributed by atoms with van der Waals surface area (Å²) < 4.78 is 11.3. The van der Waals surface area contributed by atoms with Crippen LogP contribution in [-0.4, -0.2) is 43.2 Å². The van der Waals surface area contributed by atoms with Crippen molar-refractivity contribution in [2.45, 2.75) is 18.0 Å². The van der Waals surface area contributed by atoms with E-state index >= 15 is 0 Å². The number of fused-ring (bicyclic) bond motifs is 4. The second-order valence-electron chi connectivity index (χ2n) is 6.69. The van der Waals surface area contributed by atoms with Gasteiger partial charge >= 0.3 is 5.97 Å². The molecule has 5 nitrogen and oxygen atoms in total. The highest BCUT2D eigenvalue weighted by Crippen LogP contribution is 2.42. The van der Waals surface area contributed by atoms with Gasteiger partial charge in [-0.2, -0.15) is 0 Å². The summed E-state index contributed by atoms with van der Waals surface area (Å²) >= 11 is 0. The fourth-order valence-electron chi connectivity index (χ4n) is 4.09. The molecule has 0 radical (unpaired) electrons. The van der Waals surface area contributed by atoms with Gasteiger partial charge in [0.25, 0.3) is 0 Å². The highest BCUT2D eigenvalue weighted by Gasteiger charge is 2.57. The van der Waals surface area contributed by atoms with Crippen molar-refractivity contribution in [1.82, 2.24) is 0 Å². The Bertz CT molecular complexity index is 864. The number of carbonyl (C=O) groups is 1. The Morgan fingerprint density at radius 2 is 1.88 bits per heavy atom. The van der Waals surface area contributed by atoms with E-state index in [0.717, 1.165) is 17.7 Å². The van der Waals surface area contributed by atoms with Crippen LogP contribution in [0.2, 0.25) is 0 Å². The first-order valence-electron chi connectivity index (χ1n) is 8.58. The molecule has 0 saturated carbocycles. The van der Waals surface area contributed by atoms with E-state index in [4.69, 9.17) is 14.5 Å². The van der Waals surface area contributed by atoms with E-state index in [1.807, 2.05) is 42.5 Å². The van der Waals surface area contributed by atoms with Gasteiger partial charge in [0.1, 0.15) is 0 Å². The summed E-state index contributed by atoms with van der Waals surface area (Å²) in [4.78, 5) is 20.1. The van der Waals surface area contributed by atoms with E-state index in [2.05, 4.69) is 17.0 Å². The standard InChI is InChI=1S/C20H18N2O3/c23-19-20(21-18(25-19)14-6-2-1-3-7-14)12-15-8-4-5-9-16(15)22-10-11-24-13-17(20)22/h1-9,17H,10-13H2/t17-,20-/m1/s1. The Morgan fingerprint density at radius 1 is 1.08 bits per heavy atom. The third-order valence-corrected chi connectivity index (χ3v) is 5.31. The third kappa shape index (κ3) is 2.12. The molecule has 25 heavy (non-hydrogen) atoms. The number of para-hydroxylation sites is 1. The molecule has 5 rings (SSSR count). The lowest BCUT2D eigenvalue weighted by molar-refractivity contribution is -0.141. The maximum atomic E-state index is 13.0. The largest absolute Gasteiger partial charge is 0.405 e. The van der Waals surface area contributed by atoms with Gasteiger partial charge in [-0.25, -0.2) is 9.79 Å². The lowest BCUT2D eigenvalue weighted by Crippen LogP contribution is -2.64. The van der Waals surface area contributed by atoms with Crippen molar-refractivity contribution in [3.63, 3.8) is 0 Å². The van der Waals surface area contributed by atoms with Gasteiger partial charge in [-0.15, -0.1) is 0 Å². The van der Waals surface area contributed by atoms with E-state index < -0.39 is 5.54 Å². The topological polar surface area (TPSA) is 51.1 Å². The van der Waals surface area contributed by atoms with Crippen LogP contribution >= 0.6 is 0 Å². The predicted molar refractivity (Wildman–Crippen MR) is 93.9 cm³/mol. The second kappa shape index (κ2) is 5.43. The Kier molecular flexibility index (Phi) is 3.18. The van der Waals surface area contributed by atoms with Gasteiger partial charge in [-0.05, 0) is 23.8 Å². The molecule has 2 atom stereocenters. The first-order valence-corrected chi connectivity index (χ1v) is 8.58. The van der Waals surface area contributed by atoms with Crippen LogP contribution in [0.25, 0.3) is 0 Å². The highest BCUT2D eigenvalue weighted by atomic mass is 16.6. The van der Waals surface area contributed by atoms with Crippen molar-refractivity contribution in [3.8, 4) is 0 Å². The molecular weight excluding hydrogens is 316 g/mol. The summed E-state index contributed by atoms with van der Waals surface area (Å²) in [6.45, 7) is 1.90. The van der Waals surface area contributed by atoms with Crippen LogP contribution in [0, 0.1) is 0 Å². The SMILES string of the molecule is O=C1OC(c2ccccc2)=N[C@@]12Cc1ccccc1N1CCOC[C@@H]12. The summed E-state index contributed by atoms with van der Waals surface area (Å²) in [6.07, 6.45) is 0.545. The van der Waals surface area contributed by atoms with Crippen LogP contribution in [0.4, 0.5) is 5.69 Å². The molecule has 3 aliphatic heterocycles. The van der Waals surface area contributed by atoms with E-state index in [1.54, 1.807) is 0 Å². The van der Waals surface area contributed by atoms with E-state index in [0.29, 0.717) is 25.5 Å². The van der Waals surface area contributed by atoms with Crippen LogP contribution in [0.5, 0.6) is 0 Å². The Hall–Kier alpha value is -2.66. The number of rotatable bonds is 1. The molecule has 1 fully saturated rings. The van der Waals surface area contributed by atoms with Crippen molar-refractivity contribution in [1.29, 1.82) is 0 Å². The second-order valence-corrected chi connectivity index (χ2v) is 6.69. The normalized spacial score (nSPS) is 27.5. The van der Waals surface area contributed by atoms with Gasteiger partial charge in [0.2, 0.25) is 5.90 Å². The minimum atomic E-state index is -0.931. The van der Waals surface area contributed by atoms with Gasteiger partial charge in [0.15, 0.2) is 5.54 Å². The monoisotopic (exact) mass is 334 g/mol. The predicted octanol–water partition coefficient (Wildman–Crippen LogP) is 2.19. The average molecular weight is 334 g/mol. The third-order valence-electron chi connectivity index (χ3n) is 5.31. The van der Waals surface area contributed by atoms with Crippen LogP contribution in [0.1, 0.15) is 11.1 Å². The molecule has 2 aromatic carbocycles. The number of aliphatic imine (C=N–C) groups is 1. The Labute approximate surface area is 145 Å². The van der Waals surface area contributed by atoms with Crippen molar-refractivity contribution in [2.75, 3.05) is 24.7 Å². The Morgan fingerprint density at radius 3 is 2.76 bits per heavy atom. The number of ether oxygens (including phenoxy) is 2. The summed E-state index contributed by atoms with van der Waals surface area (Å²) in [5.74, 6) is 0.136. The minimum Gasteiger partial charge on any atom is -0.405 e. The summed E-state index contributed by atoms with van der Waals surface area (Å²) in [7, 11) is 0. The Balaban J connectivity index is 1.64. The number of morpholine rings is 1. The maximum Gasteiger partial charge on any atom is 0.343 e. The maximum absolute atomic E-state index is 13.0. The molecule has 3 aliphatic rings. The molecule has 0 aliphatic carbocycles. The zero-order chi connectivity index (χ0) is 16.9. The van der Waals surface area contributed by atoms with Crippen LogP contribution in [0.15, 0.2) is 59.6 Å². The highest BCUT2D eigenvalue weighted by molar-refractivity contribution is 6.09. The fourth-order valence-corrected chi connectivity index (χ4v) is 4.09. The number of cyclic esters (lactones) is 1. The molecule has 3 heterocycles. The number of hydrogen-bond donors (Lipinski definition) is 0. The number of anilines is 1. The smallest absolute Gasteiger partial charge is 0.343 e. The zero-order valence-electron chi connectivity index (χ0n) is 13.7. The number of hydrogen-bond acceptors (Lipinski definition) is 5. The molecule has 0 aromatic heterocycles. The van der Waals surface area contributed by atoms with Crippen LogP contribution in [-0.2, 0) is 20.7 Å². The van der Waals surface area contributed by atoms with Crippen LogP contribution in [0.3, 0.4) is 0 Å². The number of benzene rings is 2. The van der Waals surface area contributed by atoms with E-state index in [1.165, 1.54) is 5.69 Å². The quantitative estimate of drug-likeness (QED) is 0.750. The molecule has 0 bridgehead atoms. The average Bonchev–Trinajstić information content (AvgIpc) is 3.00. The van der Waals surface area contributed by atoms with E-state index in [9.17, 15) is 4.79 Å². The number of carbonyl (C=O) groups excluding carboxylic acids is 1. The molecule has 5 heteroatoms. The minimum absolute atomic E-state index is 0.134.